The molecule has 1 aromatic carbocycles. The molecule has 0 aliphatic rings. The zero-order valence-corrected chi connectivity index (χ0v) is 11.9. The molecule has 0 spiro atoms. The summed E-state index contributed by atoms with van der Waals surface area (Å²) in [4.78, 5) is 3.74. The molecule has 0 aliphatic heterocycles. The average molecular weight is 355 g/mol. The number of nitriles is 1. The third-order valence-corrected chi connectivity index (χ3v) is 2.61. The number of anilines is 1. The van der Waals surface area contributed by atoms with Gasteiger partial charge < -0.3 is 5.73 Å². The van der Waals surface area contributed by atoms with Gasteiger partial charge in [-0.1, -0.05) is 31.9 Å². The Hall–Kier alpha value is -1.38. The molecule has 86 valence electrons. The molecule has 2 aromatic rings. The minimum absolute atomic E-state index is 0.653. The van der Waals surface area contributed by atoms with Crippen LogP contribution in [-0.4, -0.2) is 4.98 Å². The Labute approximate surface area is 117 Å². The van der Waals surface area contributed by atoms with Gasteiger partial charge in [-0.3, -0.25) is 4.98 Å². The lowest BCUT2D eigenvalue weighted by Crippen LogP contribution is -1.82. The number of nitrogens with zero attached hydrogens (tertiary/aromatic N) is 2. The Morgan fingerprint density at radius 1 is 1.06 bits per heavy atom. The van der Waals surface area contributed by atoms with Crippen molar-refractivity contribution in [3.05, 3.63) is 57.2 Å². The molecule has 2 rings (SSSR count). The molecule has 0 radical (unpaired) electrons. The van der Waals surface area contributed by atoms with E-state index in [1.165, 1.54) is 0 Å². The maximum atomic E-state index is 8.26. The molecule has 0 amide bonds. The van der Waals surface area contributed by atoms with Crippen LogP contribution in [0.3, 0.4) is 0 Å². The summed E-state index contributed by atoms with van der Waals surface area (Å²) >= 11 is 6.61. The van der Waals surface area contributed by atoms with Gasteiger partial charge in [-0.15, -0.1) is 0 Å². The van der Waals surface area contributed by atoms with E-state index in [-0.39, 0.29) is 0 Å². The van der Waals surface area contributed by atoms with Crippen molar-refractivity contribution >= 4 is 37.5 Å². The minimum Gasteiger partial charge on any atom is -0.399 e. The molecule has 0 atom stereocenters. The molecule has 0 unspecified atom stereocenters. The van der Waals surface area contributed by atoms with E-state index in [0.717, 1.165) is 14.6 Å². The summed E-state index contributed by atoms with van der Waals surface area (Å²) in [6, 6.07) is 11.0. The number of benzene rings is 1. The molecule has 17 heavy (non-hydrogen) atoms. The lowest BCUT2D eigenvalue weighted by Gasteiger charge is -1.94. The molecule has 0 saturated carbocycles. The van der Waals surface area contributed by atoms with Crippen molar-refractivity contribution in [2.45, 2.75) is 0 Å². The molecular weight excluding hydrogens is 346 g/mol. The maximum absolute atomic E-state index is 8.26. The van der Waals surface area contributed by atoms with Gasteiger partial charge >= 0.3 is 0 Å². The van der Waals surface area contributed by atoms with Crippen LogP contribution in [0.1, 0.15) is 5.56 Å². The summed E-state index contributed by atoms with van der Waals surface area (Å²) in [5.74, 6) is 0. The van der Waals surface area contributed by atoms with Gasteiger partial charge in [-0.25, -0.2) is 0 Å². The molecule has 3 nitrogen and oxygen atoms in total. The van der Waals surface area contributed by atoms with Crippen molar-refractivity contribution in [3.8, 4) is 6.07 Å². The summed E-state index contributed by atoms with van der Waals surface area (Å²) in [7, 11) is 0. The third-order valence-electron chi connectivity index (χ3n) is 1.69. The van der Waals surface area contributed by atoms with E-state index in [0.29, 0.717) is 5.56 Å². The molecular formula is C12H9Br2N3. The van der Waals surface area contributed by atoms with Crippen molar-refractivity contribution in [3.63, 3.8) is 0 Å². The molecule has 1 aromatic heterocycles. The fraction of sp³-hybridized carbons (Fsp3) is 0. The van der Waals surface area contributed by atoms with Crippen molar-refractivity contribution in [1.82, 2.24) is 4.98 Å². The maximum Gasteiger partial charge on any atom is 0.0992 e. The van der Waals surface area contributed by atoms with E-state index in [9.17, 15) is 0 Å². The van der Waals surface area contributed by atoms with E-state index in [2.05, 4.69) is 36.8 Å². The Kier molecular flexibility index (Phi) is 5.67. The second-order valence-electron chi connectivity index (χ2n) is 3.05. The Bertz CT molecular complexity index is 471. The Morgan fingerprint density at radius 3 is 1.94 bits per heavy atom. The number of hydrogen-bond donors (Lipinski definition) is 1. The van der Waals surface area contributed by atoms with Crippen molar-refractivity contribution < 1.29 is 0 Å². The lowest BCUT2D eigenvalue weighted by atomic mass is 10.3. The zero-order valence-electron chi connectivity index (χ0n) is 8.77. The van der Waals surface area contributed by atoms with Crippen molar-refractivity contribution in [1.29, 1.82) is 5.26 Å². The van der Waals surface area contributed by atoms with E-state index < -0.39 is 0 Å². The topological polar surface area (TPSA) is 62.7 Å². The van der Waals surface area contributed by atoms with Crippen LogP contribution in [-0.2, 0) is 0 Å². The second kappa shape index (κ2) is 7.05. The SMILES string of the molecule is N#Cc1ccncc1.Nc1cc(Br)cc(Br)c1. The quantitative estimate of drug-likeness (QED) is 0.733. The fourth-order valence-electron chi connectivity index (χ4n) is 1.00. The Balaban J connectivity index is 0.000000171. The number of pyridine rings is 1. The van der Waals surface area contributed by atoms with Gasteiger partial charge in [0.15, 0.2) is 0 Å². The van der Waals surface area contributed by atoms with Crippen LogP contribution in [0, 0.1) is 11.3 Å². The van der Waals surface area contributed by atoms with Crippen molar-refractivity contribution in [2.75, 3.05) is 5.73 Å². The third kappa shape index (κ3) is 5.48. The highest BCUT2D eigenvalue weighted by Crippen LogP contribution is 2.20. The monoisotopic (exact) mass is 353 g/mol. The van der Waals surface area contributed by atoms with Gasteiger partial charge in [-0.2, -0.15) is 5.26 Å². The van der Waals surface area contributed by atoms with Crippen molar-refractivity contribution in [2.24, 2.45) is 0 Å². The summed E-state index contributed by atoms with van der Waals surface area (Å²) < 4.78 is 1.99. The summed E-state index contributed by atoms with van der Waals surface area (Å²) in [6.07, 6.45) is 3.19. The summed E-state index contributed by atoms with van der Waals surface area (Å²) in [6.45, 7) is 0. The smallest absolute Gasteiger partial charge is 0.0992 e. The highest BCUT2D eigenvalue weighted by Gasteiger charge is 1.90. The summed E-state index contributed by atoms with van der Waals surface area (Å²) in [5, 5.41) is 8.26. The predicted molar refractivity (Wildman–Crippen MR) is 75.2 cm³/mol. The fourth-order valence-corrected chi connectivity index (χ4v) is 2.33. The predicted octanol–water partition coefficient (Wildman–Crippen LogP) is 3.75. The first-order valence-corrected chi connectivity index (χ1v) is 6.22. The van der Waals surface area contributed by atoms with E-state index in [4.69, 9.17) is 11.0 Å². The number of hydrogen-bond acceptors (Lipinski definition) is 3. The van der Waals surface area contributed by atoms with E-state index in [1.54, 1.807) is 24.5 Å². The second-order valence-corrected chi connectivity index (χ2v) is 4.88. The first-order valence-electron chi connectivity index (χ1n) is 4.63. The van der Waals surface area contributed by atoms with Crippen LogP contribution >= 0.6 is 31.9 Å². The van der Waals surface area contributed by atoms with Crippen LogP contribution in [0.4, 0.5) is 5.69 Å². The van der Waals surface area contributed by atoms with E-state index in [1.807, 2.05) is 24.3 Å². The van der Waals surface area contributed by atoms with E-state index >= 15 is 0 Å². The molecule has 1 heterocycles. The Morgan fingerprint density at radius 2 is 1.59 bits per heavy atom. The zero-order chi connectivity index (χ0) is 12.7. The lowest BCUT2D eigenvalue weighted by molar-refractivity contribution is 1.31. The number of halogens is 2. The number of rotatable bonds is 0. The average Bonchev–Trinajstić information content (AvgIpc) is 2.29. The van der Waals surface area contributed by atoms with Crippen LogP contribution in [0.25, 0.3) is 0 Å². The van der Waals surface area contributed by atoms with Gasteiger partial charge in [0.2, 0.25) is 0 Å². The summed E-state index contributed by atoms with van der Waals surface area (Å²) in [5.41, 5.74) is 6.91. The highest BCUT2D eigenvalue weighted by atomic mass is 79.9. The number of nitrogens with two attached hydrogens (primary N) is 1. The first-order chi connectivity index (χ1) is 8.11. The van der Waals surface area contributed by atoms with Gasteiger partial charge in [-0.05, 0) is 30.3 Å². The molecule has 0 bridgehead atoms. The van der Waals surface area contributed by atoms with Gasteiger partial charge in [0.1, 0.15) is 0 Å². The van der Waals surface area contributed by atoms with Crippen LogP contribution < -0.4 is 5.73 Å². The van der Waals surface area contributed by atoms with Gasteiger partial charge in [0.05, 0.1) is 11.6 Å². The standard InChI is InChI=1S/C6H5Br2N.C6H4N2/c7-4-1-5(8)3-6(9)2-4;7-5-6-1-3-8-4-2-6/h1-3H,9H2;1-4H. The van der Waals surface area contributed by atoms with Gasteiger partial charge in [0.25, 0.3) is 0 Å². The molecule has 0 aliphatic carbocycles. The number of nitrogen functional groups attached to an aromatic ring is 1. The van der Waals surface area contributed by atoms with Crippen LogP contribution in [0.15, 0.2) is 51.7 Å². The van der Waals surface area contributed by atoms with Gasteiger partial charge in [0, 0.05) is 27.0 Å². The minimum atomic E-state index is 0.653. The first kappa shape index (κ1) is 13.7. The van der Waals surface area contributed by atoms with Crippen LogP contribution in [0.5, 0.6) is 0 Å². The normalized spacial score (nSPS) is 8.76. The molecule has 5 heteroatoms. The molecule has 0 fully saturated rings. The highest BCUT2D eigenvalue weighted by molar-refractivity contribution is 9.11. The largest absolute Gasteiger partial charge is 0.399 e. The molecule has 0 saturated heterocycles. The number of aromatic nitrogens is 1. The molecule has 2 N–H and O–H groups in total. The van der Waals surface area contributed by atoms with Crippen LogP contribution in [0.2, 0.25) is 0 Å².